The average molecular weight is 404 g/mol. The molecule has 146 valence electrons. The Morgan fingerprint density at radius 1 is 1.10 bits per heavy atom. The summed E-state index contributed by atoms with van der Waals surface area (Å²) < 4.78 is 1.43. The minimum atomic E-state index is -0.257. The van der Waals surface area contributed by atoms with Crippen molar-refractivity contribution in [1.29, 1.82) is 0 Å². The maximum absolute atomic E-state index is 13.1. The molecule has 2 heterocycles. The van der Waals surface area contributed by atoms with Gasteiger partial charge in [0.1, 0.15) is 4.83 Å². The van der Waals surface area contributed by atoms with Gasteiger partial charge in [-0.2, -0.15) is 0 Å². The topological polar surface area (TPSA) is 67.2 Å². The standard InChI is InChI=1S/C22H20N4O2S/c1-15-18-21(23-14-25(2)22(18)28)29-19(15)20(27)24-26(17-11-7-4-8-12-17)13-16-9-5-3-6-10-16/h3-12,14H,13H2,1-2H3,(H,24,27). The van der Waals surface area contributed by atoms with E-state index in [-0.39, 0.29) is 11.5 Å². The molecule has 0 radical (unpaired) electrons. The lowest BCUT2D eigenvalue weighted by molar-refractivity contribution is 0.0952. The molecule has 4 aromatic rings. The molecule has 0 aliphatic carbocycles. The summed E-state index contributed by atoms with van der Waals surface area (Å²) in [4.78, 5) is 30.9. The predicted molar refractivity (Wildman–Crippen MR) is 116 cm³/mol. The number of hydrogen-bond acceptors (Lipinski definition) is 5. The molecule has 2 aromatic carbocycles. The number of rotatable bonds is 5. The van der Waals surface area contributed by atoms with Crippen LogP contribution in [0.3, 0.4) is 0 Å². The Morgan fingerprint density at radius 2 is 1.76 bits per heavy atom. The molecule has 0 atom stereocenters. The second-order valence-corrected chi connectivity index (χ2v) is 7.74. The summed E-state index contributed by atoms with van der Waals surface area (Å²) in [7, 11) is 1.66. The number of carbonyl (C=O) groups excluding carboxylic acids is 1. The van der Waals surface area contributed by atoms with Gasteiger partial charge in [0, 0.05) is 7.05 Å². The summed E-state index contributed by atoms with van der Waals surface area (Å²) in [6, 6.07) is 19.6. The van der Waals surface area contributed by atoms with Crippen LogP contribution in [0.2, 0.25) is 0 Å². The normalized spacial score (nSPS) is 10.8. The van der Waals surface area contributed by atoms with Gasteiger partial charge in [0.15, 0.2) is 0 Å². The first-order valence-electron chi connectivity index (χ1n) is 9.17. The molecular weight excluding hydrogens is 384 g/mol. The number of aromatic nitrogens is 2. The average Bonchev–Trinajstić information content (AvgIpc) is 3.09. The van der Waals surface area contributed by atoms with Gasteiger partial charge in [0.25, 0.3) is 11.5 Å². The van der Waals surface area contributed by atoms with E-state index in [1.165, 1.54) is 22.2 Å². The van der Waals surface area contributed by atoms with Crippen LogP contribution in [0.1, 0.15) is 20.8 Å². The van der Waals surface area contributed by atoms with Crippen LogP contribution in [0, 0.1) is 6.92 Å². The van der Waals surface area contributed by atoms with Crippen LogP contribution in [0.25, 0.3) is 10.2 Å². The monoisotopic (exact) mass is 404 g/mol. The van der Waals surface area contributed by atoms with Crippen LogP contribution in [0.5, 0.6) is 0 Å². The molecule has 1 N–H and O–H groups in total. The Balaban J connectivity index is 1.68. The summed E-state index contributed by atoms with van der Waals surface area (Å²) in [6.07, 6.45) is 1.48. The molecule has 2 aromatic heterocycles. The van der Waals surface area contributed by atoms with Crippen LogP contribution in [-0.2, 0) is 13.6 Å². The minimum Gasteiger partial charge on any atom is -0.302 e. The van der Waals surface area contributed by atoms with Crippen molar-refractivity contribution in [2.45, 2.75) is 13.5 Å². The van der Waals surface area contributed by atoms with E-state index in [1.54, 1.807) is 14.0 Å². The zero-order chi connectivity index (χ0) is 20.4. The lowest BCUT2D eigenvalue weighted by Gasteiger charge is -2.25. The number of hydrogen-bond donors (Lipinski definition) is 1. The van der Waals surface area contributed by atoms with E-state index in [0.717, 1.165) is 11.3 Å². The summed E-state index contributed by atoms with van der Waals surface area (Å²) in [5, 5.41) is 2.31. The zero-order valence-corrected chi connectivity index (χ0v) is 16.9. The van der Waals surface area contributed by atoms with Gasteiger partial charge < -0.3 is 4.57 Å². The van der Waals surface area contributed by atoms with E-state index >= 15 is 0 Å². The van der Waals surface area contributed by atoms with Gasteiger partial charge in [-0.1, -0.05) is 48.5 Å². The lowest BCUT2D eigenvalue weighted by Crippen LogP contribution is -2.41. The van der Waals surface area contributed by atoms with Crippen molar-refractivity contribution < 1.29 is 4.79 Å². The highest BCUT2D eigenvalue weighted by Crippen LogP contribution is 2.27. The molecule has 0 saturated heterocycles. The summed E-state index contributed by atoms with van der Waals surface area (Å²) in [5.74, 6) is -0.257. The van der Waals surface area contributed by atoms with Crippen molar-refractivity contribution in [2.24, 2.45) is 7.05 Å². The molecule has 0 aliphatic heterocycles. The summed E-state index contributed by atoms with van der Waals surface area (Å²) in [6.45, 7) is 2.31. The minimum absolute atomic E-state index is 0.146. The molecule has 0 fully saturated rings. The number of thiophene rings is 1. The van der Waals surface area contributed by atoms with Gasteiger partial charge in [0.05, 0.1) is 28.8 Å². The number of aryl methyl sites for hydroxylation is 2. The number of anilines is 1. The number of para-hydroxylation sites is 1. The van der Waals surface area contributed by atoms with Crippen LogP contribution in [0.4, 0.5) is 5.69 Å². The number of benzene rings is 2. The van der Waals surface area contributed by atoms with Gasteiger partial charge >= 0.3 is 0 Å². The second kappa shape index (κ2) is 7.89. The number of hydrazine groups is 1. The van der Waals surface area contributed by atoms with Gasteiger partial charge in [-0.3, -0.25) is 20.0 Å². The molecule has 0 saturated carbocycles. The SMILES string of the molecule is Cc1c(C(=O)NN(Cc2ccccc2)c2ccccc2)sc2ncn(C)c(=O)c12. The highest BCUT2D eigenvalue weighted by molar-refractivity contribution is 7.20. The Hall–Kier alpha value is -3.45. The number of fused-ring (bicyclic) bond motifs is 1. The van der Waals surface area contributed by atoms with Crippen LogP contribution < -0.4 is 16.0 Å². The molecule has 0 aliphatic rings. The largest absolute Gasteiger partial charge is 0.302 e. The Morgan fingerprint density at radius 3 is 2.45 bits per heavy atom. The highest BCUT2D eigenvalue weighted by atomic mass is 32.1. The van der Waals surface area contributed by atoms with E-state index in [1.807, 2.05) is 65.7 Å². The van der Waals surface area contributed by atoms with E-state index < -0.39 is 0 Å². The lowest BCUT2D eigenvalue weighted by atomic mass is 10.2. The Labute approximate surface area is 172 Å². The first-order valence-corrected chi connectivity index (χ1v) is 9.98. The Kier molecular flexibility index (Phi) is 5.14. The van der Waals surface area contributed by atoms with Gasteiger partial charge in [-0.25, -0.2) is 4.98 Å². The maximum Gasteiger partial charge on any atom is 0.280 e. The number of nitrogens with zero attached hydrogens (tertiary/aromatic N) is 3. The zero-order valence-electron chi connectivity index (χ0n) is 16.1. The molecule has 0 bridgehead atoms. The molecule has 29 heavy (non-hydrogen) atoms. The van der Waals surface area contributed by atoms with Crippen LogP contribution in [-0.4, -0.2) is 15.5 Å². The van der Waals surface area contributed by atoms with Crippen molar-refractivity contribution in [3.8, 4) is 0 Å². The molecule has 7 heteroatoms. The third-order valence-electron chi connectivity index (χ3n) is 4.70. The van der Waals surface area contributed by atoms with E-state index in [2.05, 4.69) is 10.4 Å². The summed E-state index contributed by atoms with van der Waals surface area (Å²) >= 11 is 1.24. The van der Waals surface area contributed by atoms with Crippen LogP contribution in [0.15, 0.2) is 71.8 Å². The highest BCUT2D eigenvalue weighted by Gasteiger charge is 2.21. The maximum atomic E-state index is 13.1. The molecule has 0 spiro atoms. The third-order valence-corrected chi connectivity index (χ3v) is 5.90. The van der Waals surface area contributed by atoms with E-state index in [4.69, 9.17) is 0 Å². The Bertz CT molecular complexity index is 1220. The molecule has 6 nitrogen and oxygen atoms in total. The van der Waals surface area contributed by atoms with E-state index in [0.29, 0.717) is 27.2 Å². The fraction of sp³-hybridized carbons (Fsp3) is 0.136. The fourth-order valence-corrected chi connectivity index (χ4v) is 4.20. The molecule has 4 rings (SSSR count). The fourth-order valence-electron chi connectivity index (χ4n) is 3.17. The van der Waals surface area contributed by atoms with Gasteiger partial charge in [-0.05, 0) is 30.2 Å². The first-order chi connectivity index (χ1) is 14.0. The smallest absolute Gasteiger partial charge is 0.280 e. The predicted octanol–water partition coefficient (Wildman–Crippen LogP) is 3.66. The van der Waals surface area contributed by atoms with Crippen molar-refractivity contribution in [3.05, 3.63) is 93.3 Å². The number of nitrogens with one attached hydrogen (secondary N) is 1. The second-order valence-electron chi connectivity index (χ2n) is 6.75. The van der Waals surface area contributed by atoms with Gasteiger partial charge in [-0.15, -0.1) is 11.3 Å². The third kappa shape index (κ3) is 3.77. The van der Waals surface area contributed by atoms with Crippen LogP contribution >= 0.6 is 11.3 Å². The molecule has 0 unspecified atom stereocenters. The van der Waals surface area contributed by atoms with Crippen molar-refractivity contribution >= 4 is 33.1 Å². The quantitative estimate of drug-likeness (QED) is 0.516. The van der Waals surface area contributed by atoms with Crippen molar-refractivity contribution in [3.63, 3.8) is 0 Å². The number of amides is 1. The number of carbonyl (C=O) groups is 1. The van der Waals surface area contributed by atoms with Crippen molar-refractivity contribution in [1.82, 2.24) is 15.0 Å². The first kappa shape index (κ1) is 18.9. The molecule has 1 amide bonds. The van der Waals surface area contributed by atoms with Crippen molar-refractivity contribution in [2.75, 3.05) is 5.01 Å². The van der Waals surface area contributed by atoms with Gasteiger partial charge in [0.2, 0.25) is 0 Å². The van der Waals surface area contributed by atoms with E-state index in [9.17, 15) is 9.59 Å². The summed E-state index contributed by atoms with van der Waals surface area (Å²) in [5.41, 5.74) is 5.45. The molecular formula is C22H20N4O2S.